The number of aliphatic hydroxyl groups is 1. The van der Waals surface area contributed by atoms with Crippen molar-refractivity contribution in [3.63, 3.8) is 0 Å². The van der Waals surface area contributed by atoms with Gasteiger partial charge in [0.25, 0.3) is 11.1 Å². The van der Waals surface area contributed by atoms with E-state index in [9.17, 15) is 43.5 Å². The number of rotatable bonds is 11. The topological polar surface area (TPSA) is 302 Å². The molecule has 0 amide bonds. The molecule has 8 heterocycles. The van der Waals surface area contributed by atoms with Gasteiger partial charge in [-0.05, 0) is 110 Å². The first-order valence-electron chi connectivity index (χ1n) is 31.4. The SMILES string of the molecule is CC(ON=C1c2ccccc2-c2ccccc21)C(=O)O.[B]C(=O)Oc1ccc2nc3c(cc2c1)Cn1c-3cc2c(c1=O)COC(=O)[C@@]2(CC)OC(=O)C(C)ON=C1c2ccccc2-c2ccccc21.[B]C(=O)Oc1ccc2nc3c(cc2c1)Cn1c-3cc2c(c1=O)COC(=O)[C@]2(O)CC. The van der Waals surface area contributed by atoms with Crippen LogP contribution in [0.15, 0.2) is 178 Å². The van der Waals surface area contributed by atoms with Crippen molar-refractivity contribution in [2.45, 2.75) is 90.2 Å². The Morgan fingerprint density at radius 3 is 1.36 bits per heavy atom. The zero-order valence-corrected chi connectivity index (χ0v) is 53.3. The summed E-state index contributed by atoms with van der Waals surface area (Å²) in [5.74, 6) is -4.72. The van der Waals surface area contributed by atoms with Crippen LogP contribution in [0.3, 0.4) is 0 Å². The summed E-state index contributed by atoms with van der Waals surface area (Å²) in [6, 6.07) is 48.2. The van der Waals surface area contributed by atoms with Crippen LogP contribution in [-0.4, -0.2) is 104 Å². The molecule has 0 saturated carbocycles. The molecule has 0 bridgehead atoms. The Kier molecular flexibility index (Phi) is 16.3. The molecule has 2 unspecified atom stereocenters. The smallest absolute Gasteiger partial charge is 0.355 e. The lowest BCUT2D eigenvalue weighted by Crippen LogP contribution is -2.48. The number of carbonyl (C=O) groups is 6. The molecule has 16 rings (SSSR count). The number of esters is 3. The van der Waals surface area contributed by atoms with Gasteiger partial charge in [0, 0.05) is 55.3 Å². The van der Waals surface area contributed by atoms with Gasteiger partial charge in [-0.25, -0.2) is 29.1 Å². The van der Waals surface area contributed by atoms with Gasteiger partial charge in [-0.3, -0.25) is 19.2 Å². The molecule has 25 heteroatoms. The highest BCUT2D eigenvalue weighted by atomic mass is 16.7. The lowest BCUT2D eigenvalue weighted by Gasteiger charge is -2.36. The molecule has 4 aromatic heterocycles. The van der Waals surface area contributed by atoms with E-state index in [0.29, 0.717) is 62.9 Å². The van der Waals surface area contributed by atoms with E-state index in [1.165, 1.54) is 13.8 Å². The van der Waals surface area contributed by atoms with E-state index in [0.717, 1.165) is 61.0 Å². The van der Waals surface area contributed by atoms with Gasteiger partial charge >= 0.3 is 23.9 Å². The van der Waals surface area contributed by atoms with Crippen molar-refractivity contribution in [3.05, 3.63) is 234 Å². The maximum atomic E-state index is 13.9. The van der Waals surface area contributed by atoms with Crippen molar-refractivity contribution >= 4 is 84.5 Å². The number of pyridine rings is 4. The maximum Gasteiger partial charge on any atom is 0.355 e. The van der Waals surface area contributed by atoms with E-state index >= 15 is 0 Å². The number of carboxylic acids is 1. The predicted molar refractivity (Wildman–Crippen MR) is 360 cm³/mol. The third kappa shape index (κ3) is 11.1. The molecule has 488 valence electrons. The highest BCUT2D eigenvalue weighted by Crippen LogP contribution is 2.44. The van der Waals surface area contributed by atoms with Crippen LogP contribution in [0.25, 0.3) is 66.8 Å². The van der Waals surface area contributed by atoms with Gasteiger partial charge in [-0.15, -0.1) is 0 Å². The molecule has 0 saturated heterocycles. The van der Waals surface area contributed by atoms with Gasteiger partial charge < -0.3 is 52.7 Å². The number of hydrogen-bond acceptors (Lipinski definition) is 20. The first-order chi connectivity index (χ1) is 47.7. The van der Waals surface area contributed by atoms with Crippen LogP contribution in [0, 0.1) is 0 Å². The molecule has 0 fully saturated rings. The quantitative estimate of drug-likeness (QED) is 0.0526. The van der Waals surface area contributed by atoms with E-state index in [1.807, 2.05) is 109 Å². The molecule has 6 aliphatic rings. The molecule has 2 aliphatic carbocycles. The lowest BCUT2D eigenvalue weighted by atomic mass is 9.85. The van der Waals surface area contributed by atoms with Crippen LogP contribution in [0.2, 0.25) is 0 Å². The van der Waals surface area contributed by atoms with Gasteiger partial charge in [0.1, 0.15) is 36.1 Å². The van der Waals surface area contributed by atoms with Crippen LogP contribution < -0.4 is 20.6 Å². The highest BCUT2D eigenvalue weighted by Gasteiger charge is 2.52. The molecule has 2 N–H and O–H groups in total. The Labute approximate surface area is 564 Å². The minimum absolute atomic E-state index is 0.00387. The van der Waals surface area contributed by atoms with Crippen molar-refractivity contribution in [2.24, 2.45) is 10.3 Å². The second kappa shape index (κ2) is 25.1. The van der Waals surface area contributed by atoms with Crippen LogP contribution in [0.5, 0.6) is 11.5 Å². The molecule has 0 spiro atoms. The number of carboxylic acid groups (broad SMARTS) is 1. The zero-order valence-electron chi connectivity index (χ0n) is 53.3. The summed E-state index contributed by atoms with van der Waals surface area (Å²) >= 11 is 0. The molecule has 6 aromatic carbocycles. The summed E-state index contributed by atoms with van der Waals surface area (Å²) in [4.78, 5) is 120. The van der Waals surface area contributed by atoms with Crippen molar-refractivity contribution < 1.29 is 72.3 Å². The number of benzene rings is 6. The minimum atomic E-state index is -1.91. The molecule has 4 atom stereocenters. The third-order valence-corrected chi connectivity index (χ3v) is 18.2. The maximum absolute atomic E-state index is 13.9. The van der Waals surface area contributed by atoms with Crippen molar-refractivity contribution in [2.75, 3.05) is 0 Å². The van der Waals surface area contributed by atoms with Gasteiger partial charge in [0.05, 0.1) is 58.0 Å². The highest BCUT2D eigenvalue weighted by molar-refractivity contribution is 6.55. The number of oxime groups is 2. The number of nitrogens with zero attached hydrogens (tertiary/aromatic N) is 6. The summed E-state index contributed by atoms with van der Waals surface area (Å²) in [6.45, 7) is 6.34. The Morgan fingerprint density at radius 2 is 0.949 bits per heavy atom. The monoisotopic (exact) mass is 1320 g/mol. The fourth-order valence-electron chi connectivity index (χ4n) is 13.2. The first-order valence-corrected chi connectivity index (χ1v) is 31.4. The Balaban J connectivity index is 0.000000141. The Morgan fingerprint density at radius 1 is 0.545 bits per heavy atom. The average Bonchev–Trinajstić information content (AvgIpc) is 1.69. The van der Waals surface area contributed by atoms with Crippen molar-refractivity contribution in [1.29, 1.82) is 0 Å². The van der Waals surface area contributed by atoms with Crippen LogP contribution in [0.4, 0.5) is 9.59 Å². The predicted octanol–water partition coefficient (Wildman–Crippen LogP) is 9.79. The molecule has 4 radical (unpaired) electrons. The van der Waals surface area contributed by atoms with Crippen LogP contribution in [-0.2, 0) is 80.6 Å². The fourth-order valence-corrected chi connectivity index (χ4v) is 13.2. The van der Waals surface area contributed by atoms with Gasteiger partial charge in [-0.2, -0.15) is 0 Å². The van der Waals surface area contributed by atoms with Crippen LogP contribution in [0.1, 0.15) is 96.2 Å². The summed E-state index contributed by atoms with van der Waals surface area (Å²) in [5.41, 5.74) is 10.6. The number of aliphatic carboxylic acids is 1. The second-order valence-corrected chi connectivity index (χ2v) is 24.0. The third-order valence-electron chi connectivity index (χ3n) is 18.2. The molecule has 10 aromatic rings. The first kappa shape index (κ1) is 64.2. The number of hydrogen-bond donors (Lipinski definition) is 2. The molecule has 99 heavy (non-hydrogen) atoms. The summed E-state index contributed by atoms with van der Waals surface area (Å²) in [6.07, 6.45) is -2.09. The summed E-state index contributed by atoms with van der Waals surface area (Å²) < 4.78 is 29.5. The molecular weight excluding hydrogens is 1270 g/mol. The minimum Gasteiger partial charge on any atom is -0.478 e. The number of ether oxygens (including phenoxy) is 5. The Bertz CT molecular complexity index is 5280. The number of fused-ring (bicyclic) bond motifs is 16. The normalized spacial score (nSPS) is 17.0. The van der Waals surface area contributed by atoms with Gasteiger partial charge in [-0.1, -0.05) is 121 Å². The van der Waals surface area contributed by atoms with E-state index in [-0.39, 0.29) is 71.7 Å². The molecule has 23 nitrogen and oxygen atoms in total. The number of cyclic esters (lactones) is 2. The molecule has 4 aliphatic heterocycles. The zero-order chi connectivity index (χ0) is 69.3. The van der Waals surface area contributed by atoms with E-state index in [4.69, 9.17) is 59.1 Å². The Hall–Kier alpha value is -12.1. The second-order valence-electron chi connectivity index (χ2n) is 24.0. The van der Waals surface area contributed by atoms with E-state index < -0.39 is 59.0 Å². The largest absolute Gasteiger partial charge is 0.478 e. The van der Waals surface area contributed by atoms with E-state index in [2.05, 4.69) is 15.3 Å². The summed E-state index contributed by atoms with van der Waals surface area (Å²) in [5, 5.41) is 29.6. The van der Waals surface area contributed by atoms with E-state index in [1.54, 1.807) is 71.5 Å². The van der Waals surface area contributed by atoms with Crippen LogP contribution >= 0.6 is 0 Å². The van der Waals surface area contributed by atoms with Crippen molar-refractivity contribution in [1.82, 2.24) is 19.1 Å². The summed E-state index contributed by atoms with van der Waals surface area (Å²) in [7, 11) is 10.2. The fraction of sp³-hybridized carbons (Fsp3) is 0.189. The van der Waals surface area contributed by atoms with Crippen molar-refractivity contribution in [3.8, 4) is 56.5 Å². The standard InChI is InChI=1S/C37H26BN3O8.C21H15BN2O6.C16H13NO3/c1-3-37(48-34(43)19(2)49-40-32-25-10-6-4-8-23(25)24-9-5-7-11-26(24)32)28-16-30-31-21(17-41(30)33(42)27(28)18-46-35(37)44)14-20-15-22(47-36(38)45)12-13-29(20)39-31;1-2-21(28)14-7-16-17-11(8-24(16)18(25)13(14)9-29-19(21)26)5-10-6-12(30-20(22)27)3-4-15(10)23-17;1-10(16(18)19)20-17-15-13-8-4-2-6-11(13)12-7-3-5-9-14(12)15/h4-16,19H,3,17-18H2,1-2H3;3-7,28H,2,8-9H2,1H3;2-10H,1H3,(H,18,19)/t19?,37-;21-;/m00./s1. The lowest BCUT2D eigenvalue weighted by molar-refractivity contribution is -0.195. The number of carbonyl (C=O) groups excluding carboxylic acids is 5. The van der Waals surface area contributed by atoms with Gasteiger partial charge in [0.2, 0.25) is 45.2 Å². The average molecular weight is 1320 g/mol. The number of aromatic nitrogens is 4. The van der Waals surface area contributed by atoms with Gasteiger partial charge in [0.15, 0.2) is 5.60 Å². The molecular formula is C74H54B2N6O17.